The molecule has 1 aromatic rings. The van der Waals surface area contributed by atoms with E-state index in [0.29, 0.717) is 6.04 Å². The van der Waals surface area contributed by atoms with Gasteiger partial charge in [0.1, 0.15) is 0 Å². The monoisotopic (exact) mass is 246 g/mol. The third-order valence-electron chi connectivity index (χ3n) is 3.62. The first-order valence-electron chi connectivity index (χ1n) is 7.23. The van der Waals surface area contributed by atoms with Gasteiger partial charge in [-0.2, -0.15) is 0 Å². The van der Waals surface area contributed by atoms with E-state index < -0.39 is 0 Å². The summed E-state index contributed by atoms with van der Waals surface area (Å²) < 4.78 is 0. The van der Waals surface area contributed by atoms with Crippen LogP contribution in [0, 0.1) is 5.92 Å². The van der Waals surface area contributed by atoms with E-state index in [0.717, 1.165) is 24.9 Å². The van der Waals surface area contributed by atoms with E-state index in [2.05, 4.69) is 49.1 Å². The fourth-order valence-corrected chi connectivity index (χ4v) is 2.72. The molecule has 2 rings (SSSR count). The lowest BCUT2D eigenvalue weighted by atomic mass is 10.0. The Balaban J connectivity index is 2.16. The van der Waals surface area contributed by atoms with Crippen LogP contribution in [0.2, 0.25) is 0 Å². The Morgan fingerprint density at radius 2 is 1.89 bits per heavy atom. The smallest absolute Gasteiger partial charge is 0.0363 e. The van der Waals surface area contributed by atoms with Crippen LogP contribution < -0.4 is 5.73 Å². The molecule has 0 spiro atoms. The minimum atomic E-state index is 0.506. The lowest BCUT2D eigenvalue weighted by Crippen LogP contribution is -2.35. The third kappa shape index (κ3) is 3.56. The predicted molar refractivity (Wildman–Crippen MR) is 77.4 cm³/mol. The van der Waals surface area contributed by atoms with Crippen LogP contribution in [-0.4, -0.2) is 24.0 Å². The Labute approximate surface area is 111 Å². The molecule has 0 amide bonds. The van der Waals surface area contributed by atoms with Crippen LogP contribution in [0.25, 0.3) is 0 Å². The van der Waals surface area contributed by atoms with Gasteiger partial charge in [0.15, 0.2) is 0 Å². The first-order chi connectivity index (χ1) is 8.72. The van der Waals surface area contributed by atoms with Gasteiger partial charge in [-0.1, -0.05) is 44.2 Å². The van der Waals surface area contributed by atoms with Crippen LogP contribution in [0.3, 0.4) is 0 Å². The van der Waals surface area contributed by atoms with Crippen molar-refractivity contribution in [1.29, 1.82) is 0 Å². The van der Waals surface area contributed by atoms with Gasteiger partial charge in [-0.15, -0.1) is 0 Å². The number of hydrogen-bond donors (Lipinski definition) is 1. The first-order valence-corrected chi connectivity index (χ1v) is 7.23. The summed E-state index contributed by atoms with van der Waals surface area (Å²) in [5.41, 5.74) is 7.26. The van der Waals surface area contributed by atoms with E-state index in [1.807, 2.05) is 0 Å². The van der Waals surface area contributed by atoms with Crippen LogP contribution in [0.5, 0.6) is 0 Å². The van der Waals surface area contributed by atoms with E-state index in [9.17, 15) is 0 Å². The molecule has 1 unspecified atom stereocenters. The zero-order chi connectivity index (χ0) is 13.0. The molecule has 1 fully saturated rings. The highest BCUT2D eigenvalue weighted by molar-refractivity contribution is 5.20. The second-order valence-corrected chi connectivity index (χ2v) is 5.83. The van der Waals surface area contributed by atoms with E-state index >= 15 is 0 Å². The van der Waals surface area contributed by atoms with Crippen LogP contribution in [0.15, 0.2) is 30.3 Å². The lowest BCUT2D eigenvalue weighted by Gasteiger charge is -2.33. The molecule has 1 aromatic carbocycles. The fourth-order valence-electron chi connectivity index (χ4n) is 2.72. The Morgan fingerprint density at radius 1 is 1.22 bits per heavy atom. The van der Waals surface area contributed by atoms with E-state index in [1.54, 1.807) is 0 Å². The SMILES string of the molecule is CC(C)CN(C1CC1)C(CCN)c1ccccc1. The van der Waals surface area contributed by atoms with E-state index in [4.69, 9.17) is 5.73 Å². The van der Waals surface area contributed by atoms with Gasteiger partial charge in [-0.25, -0.2) is 0 Å². The second-order valence-electron chi connectivity index (χ2n) is 5.83. The summed E-state index contributed by atoms with van der Waals surface area (Å²) in [5.74, 6) is 0.717. The molecule has 2 nitrogen and oxygen atoms in total. The number of nitrogens with zero attached hydrogens (tertiary/aromatic N) is 1. The van der Waals surface area contributed by atoms with Gasteiger partial charge in [0.25, 0.3) is 0 Å². The minimum absolute atomic E-state index is 0.506. The van der Waals surface area contributed by atoms with Crippen molar-refractivity contribution in [3.63, 3.8) is 0 Å². The molecule has 0 bridgehead atoms. The fraction of sp³-hybridized carbons (Fsp3) is 0.625. The summed E-state index contributed by atoms with van der Waals surface area (Å²) in [6.45, 7) is 6.56. The molecule has 100 valence electrons. The molecule has 1 aliphatic carbocycles. The molecule has 0 saturated heterocycles. The molecular formula is C16H26N2. The van der Waals surface area contributed by atoms with Gasteiger partial charge in [0.05, 0.1) is 0 Å². The van der Waals surface area contributed by atoms with Gasteiger partial charge < -0.3 is 5.73 Å². The topological polar surface area (TPSA) is 29.3 Å². The average Bonchev–Trinajstić information content (AvgIpc) is 3.18. The summed E-state index contributed by atoms with van der Waals surface area (Å²) in [6, 6.07) is 12.2. The van der Waals surface area contributed by atoms with Crippen molar-refractivity contribution in [3.05, 3.63) is 35.9 Å². The molecule has 1 saturated carbocycles. The lowest BCUT2D eigenvalue weighted by molar-refractivity contribution is 0.159. The maximum atomic E-state index is 5.83. The van der Waals surface area contributed by atoms with Crippen molar-refractivity contribution in [2.75, 3.05) is 13.1 Å². The van der Waals surface area contributed by atoms with Crippen LogP contribution >= 0.6 is 0 Å². The van der Waals surface area contributed by atoms with Crippen molar-refractivity contribution in [2.45, 2.75) is 45.2 Å². The summed E-state index contributed by atoms with van der Waals surface area (Å²) in [5, 5.41) is 0. The van der Waals surface area contributed by atoms with Crippen molar-refractivity contribution in [3.8, 4) is 0 Å². The molecule has 0 aliphatic heterocycles. The van der Waals surface area contributed by atoms with Crippen LogP contribution in [0.4, 0.5) is 0 Å². The predicted octanol–water partition coefficient (Wildman–Crippen LogP) is 3.20. The van der Waals surface area contributed by atoms with Crippen molar-refractivity contribution in [2.24, 2.45) is 11.7 Å². The molecule has 0 aromatic heterocycles. The zero-order valence-corrected chi connectivity index (χ0v) is 11.7. The molecule has 2 heteroatoms. The molecule has 1 aliphatic rings. The van der Waals surface area contributed by atoms with Gasteiger partial charge in [-0.05, 0) is 37.3 Å². The second kappa shape index (κ2) is 6.35. The first kappa shape index (κ1) is 13.6. The quantitative estimate of drug-likeness (QED) is 0.800. The Kier molecular flexibility index (Phi) is 4.79. The normalized spacial score (nSPS) is 17.4. The van der Waals surface area contributed by atoms with Crippen molar-refractivity contribution >= 4 is 0 Å². The average molecular weight is 246 g/mol. The van der Waals surface area contributed by atoms with Gasteiger partial charge >= 0.3 is 0 Å². The maximum Gasteiger partial charge on any atom is 0.0363 e. The highest BCUT2D eigenvalue weighted by Gasteiger charge is 2.34. The Hall–Kier alpha value is -0.860. The van der Waals surface area contributed by atoms with Gasteiger partial charge in [0, 0.05) is 18.6 Å². The minimum Gasteiger partial charge on any atom is -0.330 e. The van der Waals surface area contributed by atoms with Crippen molar-refractivity contribution < 1.29 is 0 Å². The van der Waals surface area contributed by atoms with E-state index in [1.165, 1.54) is 24.9 Å². The molecular weight excluding hydrogens is 220 g/mol. The highest BCUT2D eigenvalue weighted by atomic mass is 15.2. The summed E-state index contributed by atoms with van der Waals surface area (Å²) >= 11 is 0. The summed E-state index contributed by atoms with van der Waals surface area (Å²) in [4.78, 5) is 2.69. The van der Waals surface area contributed by atoms with Crippen LogP contribution in [-0.2, 0) is 0 Å². The molecule has 18 heavy (non-hydrogen) atoms. The van der Waals surface area contributed by atoms with Gasteiger partial charge in [-0.3, -0.25) is 4.90 Å². The highest BCUT2D eigenvalue weighted by Crippen LogP contribution is 2.36. The maximum absolute atomic E-state index is 5.83. The largest absolute Gasteiger partial charge is 0.330 e. The summed E-state index contributed by atoms with van der Waals surface area (Å²) in [6.07, 6.45) is 3.79. The van der Waals surface area contributed by atoms with E-state index in [-0.39, 0.29) is 0 Å². The number of hydrogen-bond acceptors (Lipinski definition) is 2. The number of nitrogens with two attached hydrogens (primary N) is 1. The standard InChI is InChI=1S/C16H26N2/c1-13(2)12-18(15-8-9-15)16(10-11-17)14-6-4-3-5-7-14/h3-7,13,15-16H,8-12,17H2,1-2H3. The van der Waals surface area contributed by atoms with Gasteiger partial charge in [0.2, 0.25) is 0 Å². The van der Waals surface area contributed by atoms with Crippen molar-refractivity contribution in [1.82, 2.24) is 4.90 Å². The third-order valence-corrected chi connectivity index (χ3v) is 3.62. The summed E-state index contributed by atoms with van der Waals surface area (Å²) in [7, 11) is 0. The molecule has 1 atom stereocenters. The zero-order valence-electron chi connectivity index (χ0n) is 11.7. The van der Waals surface area contributed by atoms with Crippen LogP contribution in [0.1, 0.15) is 44.7 Å². The molecule has 0 heterocycles. The number of rotatable bonds is 7. The Bertz CT molecular complexity index is 343. The Morgan fingerprint density at radius 3 is 2.39 bits per heavy atom. The molecule has 2 N–H and O–H groups in total. The number of benzene rings is 1. The molecule has 0 radical (unpaired) electrons.